The van der Waals surface area contributed by atoms with Gasteiger partial charge in [-0.1, -0.05) is 24.6 Å². The smallest absolute Gasteiger partial charge is 0.103 e. The van der Waals surface area contributed by atoms with E-state index >= 15 is 0 Å². The Hall–Kier alpha value is -1.53. The zero-order chi connectivity index (χ0) is 15.0. The number of unbranched alkanes of at least 4 members (excludes halogenated alkanes) is 1. The average Bonchev–Trinajstić information content (AvgIpc) is 2.44. The van der Waals surface area contributed by atoms with Crippen LogP contribution >= 0.6 is 0 Å². The van der Waals surface area contributed by atoms with Crippen LogP contribution in [-0.4, -0.2) is 25.7 Å². The number of nitrogens with one attached hydrogen (secondary N) is 1. The summed E-state index contributed by atoms with van der Waals surface area (Å²) in [4.78, 5) is 2.27. The van der Waals surface area contributed by atoms with Crippen molar-refractivity contribution in [3.8, 4) is 6.07 Å². The molecule has 0 aliphatic heterocycles. The molecule has 0 heterocycles. The molecule has 110 valence electrons. The number of nitrogens with zero attached hydrogens (tertiary/aromatic N) is 2. The summed E-state index contributed by atoms with van der Waals surface area (Å²) in [6, 6.07) is 11.0. The van der Waals surface area contributed by atoms with Crippen molar-refractivity contribution >= 4 is 5.69 Å². The maximum Gasteiger partial charge on any atom is 0.103 e. The summed E-state index contributed by atoms with van der Waals surface area (Å²) in [6.07, 6.45) is 3.07. The van der Waals surface area contributed by atoms with Crippen LogP contribution in [0, 0.1) is 18.3 Å². The maximum atomic E-state index is 9.21. The molecule has 0 saturated heterocycles. The fourth-order valence-electron chi connectivity index (χ4n) is 2.33. The van der Waals surface area contributed by atoms with Crippen molar-refractivity contribution in [2.45, 2.75) is 45.6 Å². The minimum Gasteiger partial charge on any atom is -0.375 e. The van der Waals surface area contributed by atoms with Gasteiger partial charge in [0.15, 0.2) is 0 Å². The lowest BCUT2D eigenvalue weighted by Crippen LogP contribution is -2.40. The Labute approximate surface area is 123 Å². The second kappa shape index (κ2) is 7.91. The number of nitriles is 1. The van der Waals surface area contributed by atoms with E-state index in [-0.39, 0.29) is 5.54 Å². The predicted octanol–water partition coefficient (Wildman–Crippen LogP) is 3.49. The Balaban J connectivity index is 2.34. The number of benzene rings is 1. The second-order valence-corrected chi connectivity index (χ2v) is 5.69. The van der Waals surface area contributed by atoms with Crippen molar-refractivity contribution in [1.82, 2.24) is 5.32 Å². The Bertz CT molecular complexity index is 433. The third-order valence-electron chi connectivity index (χ3n) is 3.71. The van der Waals surface area contributed by atoms with Crippen LogP contribution in [0.5, 0.6) is 0 Å². The van der Waals surface area contributed by atoms with E-state index in [0.717, 1.165) is 32.4 Å². The highest BCUT2D eigenvalue weighted by molar-refractivity contribution is 5.46. The molecule has 1 aromatic rings. The van der Waals surface area contributed by atoms with Crippen molar-refractivity contribution in [2.75, 3.05) is 25.0 Å². The molecule has 1 N–H and O–H groups in total. The first-order valence-corrected chi connectivity index (χ1v) is 7.45. The quantitative estimate of drug-likeness (QED) is 0.737. The van der Waals surface area contributed by atoms with Gasteiger partial charge < -0.3 is 4.90 Å². The first kappa shape index (κ1) is 16.5. The summed E-state index contributed by atoms with van der Waals surface area (Å²) < 4.78 is 0. The lowest BCUT2D eigenvalue weighted by Gasteiger charge is -2.24. The van der Waals surface area contributed by atoms with Gasteiger partial charge in [-0.2, -0.15) is 5.26 Å². The van der Waals surface area contributed by atoms with Gasteiger partial charge in [0.1, 0.15) is 5.54 Å². The van der Waals surface area contributed by atoms with Crippen LogP contribution in [0.25, 0.3) is 0 Å². The van der Waals surface area contributed by atoms with E-state index < -0.39 is 0 Å². The van der Waals surface area contributed by atoms with Crippen LogP contribution in [0.15, 0.2) is 24.3 Å². The molecule has 3 nitrogen and oxygen atoms in total. The molecule has 1 unspecified atom stereocenters. The number of aryl methyl sites for hydroxylation is 1. The van der Waals surface area contributed by atoms with Crippen LogP contribution < -0.4 is 10.2 Å². The molecule has 0 bridgehead atoms. The average molecular weight is 273 g/mol. The van der Waals surface area contributed by atoms with Crippen LogP contribution in [0.3, 0.4) is 0 Å². The number of anilines is 1. The van der Waals surface area contributed by atoms with E-state index in [1.807, 2.05) is 13.8 Å². The standard InChI is InChI=1S/C17H27N3/c1-5-19-17(3,14-18)12-6-7-13-20(4)16-10-8-15(2)9-11-16/h8-11,19H,5-7,12-13H2,1-4H3. The van der Waals surface area contributed by atoms with E-state index in [4.69, 9.17) is 0 Å². The van der Waals surface area contributed by atoms with Gasteiger partial charge in [0, 0.05) is 19.3 Å². The van der Waals surface area contributed by atoms with Gasteiger partial charge in [-0.3, -0.25) is 5.32 Å². The molecule has 1 atom stereocenters. The van der Waals surface area contributed by atoms with Crippen molar-refractivity contribution in [3.05, 3.63) is 29.8 Å². The topological polar surface area (TPSA) is 39.1 Å². The van der Waals surface area contributed by atoms with E-state index in [0.29, 0.717) is 0 Å². The van der Waals surface area contributed by atoms with Gasteiger partial charge in [-0.15, -0.1) is 0 Å². The molecule has 0 aliphatic rings. The lowest BCUT2D eigenvalue weighted by atomic mass is 9.96. The fraction of sp³-hybridized carbons (Fsp3) is 0.588. The van der Waals surface area contributed by atoms with Crippen LogP contribution in [0.1, 0.15) is 38.7 Å². The maximum absolute atomic E-state index is 9.21. The molecule has 0 spiro atoms. The monoisotopic (exact) mass is 273 g/mol. The fourth-order valence-corrected chi connectivity index (χ4v) is 2.33. The summed E-state index contributed by atoms with van der Waals surface area (Å²) in [5, 5.41) is 12.5. The van der Waals surface area contributed by atoms with Crippen molar-refractivity contribution in [2.24, 2.45) is 0 Å². The van der Waals surface area contributed by atoms with Crippen molar-refractivity contribution < 1.29 is 0 Å². The van der Waals surface area contributed by atoms with Crippen LogP contribution in [-0.2, 0) is 0 Å². The number of hydrogen-bond acceptors (Lipinski definition) is 3. The summed E-state index contributed by atoms with van der Waals surface area (Å²) in [6.45, 7) is 8.00. The van der Waals surface area contributed by atoms with Gasteiger partial charge >= 0.3 is 0 Å². The zero-order valence-corrected chi connectivity index (χ0v) is 13.2. The highest BCUT2D eigenvalue weighted by atomic mass is 15.1. The van der Waals surface area contributed by atoms with Crippen molar-refractivity contribution in [3.63, 3.8) is 0 Å². The molecule has 0 amide bonds. The van der Waals surface area contributed by atoms with Gasteiger partial charge in [0.25, 0.3) is 0 Å². The third kappa shape index (κ3) is 5.22. The summed E-state index contributed by atoms with van der Waals surface area (Å²) in [5.74, 6) is 0. The van der Waals surface area contributed by atoms with Gasteiger partial charge in [0.2, 0.25) is 0 Å². The van der Waals surface area contributed by atoms with Crippen molar-refractivity contribution in [1.29, 1.82) is 5.26 Å². The normalized spacial score (nSPS) is 13.6. The molecule has 1 rings (SSSR count). The molecule has 20 heavy (non-hydrogen) atoms. The molecule has 0 aliphatic carbocycles. The Morgan fingerprint density at radius 3 is 2.45 bits per heavy atom. The predicted molar refractivity (Wildman–Crippen MR) is 86.0 cm³/mol. The Morgan fingerprint density at radius 1 is 1.25 bits per heavy atom. The largest absolute Gasteiger partial charge is 0.375 e. The highest BCUT2D eigenvalue weighted by Crippen LogP contribution is 2.16. The van der Waals surface area contributed by atoms with E-state index in [9.17, 15) is 5.26 Å². The minimum absolute atomic E-state index is 0.378. The molecule has 0 saturated carbocycles. The summed E-state index contributed by atoms with van der Waals surface area (Å²) >= 11 is 0. The summed E-state index contributed by atoms with van der Waals surface area (Å²) in [5.41, 5.74) is 2.17. The molecular formula is C17H27N3. The SMILES string of the molecule is CCNC(C)(C#N)CCCCN(C)c1ccc(C)cc1. The molecule has 0 radical (unpaired) electrons. The van der Waals surface area contributed by atoms with E-state index in [1.165, 1.54) is 11.3 Å². The number of hydrogen-bond donors (Lipinski definition) is 1. The Morgan fingerprint density at radius 2 is 1.90 bits per heavy atom. The van der Waals surface area contributed by atoms with Gasteiger partial charge in [0.05, 0.1) is 6.07 Å². The lowest BCUT2D eigenvalue weighted by molar-refractivity contribution is 0.412. The minimum atomic E-state index is -0.378. The van der Waals surface area contributed by atoms with Crippen LogP contribution in [0.2, 0.25) is 0 Å². The molecule has 3 heteroatoms. The van der Waals surface area contributed by atoms with E-state index in [1.54, 1.807) is 0 Å². The summed E-state index contributed by atoms with van der Waals surface area (Å²) in [7, 11) is 2.12. The zero-order valence-electron chi connectivity index (χ0n) is 13.2. The van der Waals surface area contributed by atoms with Gasteiger partial charge in [-0.05, 0) is 51.8 Å². The van der Waals surface area contributed by atoms with Crippen LogP contribution in [0.4, 0.5) is 5.69 Å². The molecule has 0 aromatic heterocycles. The highest BCUT2D eigenvalue weighted by Gasteiger charge is 2.21. The second-order valence-electron chi connectivity index (χ2n) is 5.69. The molecule has 1 aromatic carbocycles. The van der Waals surface area contributed by atoms with Gasteiger partial charge in [-0.25, -0.2) is 0 Å². The molecule has 0 fully saturated rings. The van der Waals surface area contributed by atoms with E-state index in [2.05, 4.69) is 54.5 Å². The molecular weight excluding hydrogens is 246 g/mol. The third-order valence-corrected chi connectivity index (χ3v) is 3.71. The number of rotatable bonds is 8. The Kier molecular flexibility index (Phi) is 6.54. The first-order valence-electron chi connectivity index (χ1n) is 7.45. The first-order chi connectivity index (χ1) is 9.50.